The van der Waals surface area contributed by atoms with Crippen molar-refractivity contribution in [3.05, 3.63) is 29.8 Å². The van der Waals surface area contributed by atoms with Crippen molar-refractivity contribution in [3.8, 4) is 0 Å². The van der Waals surface area contributed by atoms with Gasteiger partial charge >= 0.3 is 5.97 Å². The second-order valence-corrected chi connectivity index (χ2v) is 7.28. The molecule has 116 valence electrons. The molecule has 1 saturated heterocycles. The van der Waals surface area contributed by atoms with Gasteiger partial charge in [0.2, 0.25) is 10.0 Å². The highest BCUT2D eigenvalue weighted by molar-refractivity contribution is 7.89. The van der Waals surface area contributed by atoms with E-state index in [4.69, 9.17) is 5.11 Å². The van der Waals surface area contributed by atoms with Crippen LogP contribution in [0.25, 0.3) is 0 Å². The van der Waals surface area contributed by atoms with Gasteiger partial charge in [-0.05, 0) is 37.0 Å². The van der Waals surface area contributed by atoms with E-state index in [0.29, 0.717) is 12.1 Å². The van der Waals surface area contributed by atoms with Crippen LogP contribution in [0.4, 0.5) is 0 Å². The quantitative estimate of drug-likeness (QED) is 0.905. The number of carbonyl (C=O) groups is 1. The van der Waals surface area contributed by atoms with Crippen LogP contribution < -0.4 is 0 Å². The van der Waals surface area contributed by atoms with Gasteiger partial charge in [-0.1, -0.05) is 25.5 Å². The van der Waals surface area contributed by atoms with E-state index in [1.54, 1.807) is 16.4 Å². The molecule has 2 rings (SSSR count). The number of carboxylic acid groups (broad SMARTS) is 1. The first-order valence-electron chi connectivity index (χ1n) is 7.27. The first kappa shape index (κ1) is 16.0. The SMILES string of the molecule is CCC1CCCCN1S(=O)(=O)c1ccc(CC(=O)O)cc1. The predicted octanol–water partition coefficient (Wildman–Crippen LogP) is 2.27. The van der Waals surface area contributed by atoms with Gasteiger partial charge in [0.05, 0.1) is 11.3 Å². The van der Waals surface area contributed by atoms with Crippen LogP contribution in [0, 0.1) is 0 Å². The van der Waals surface area contributed by atoms with Crippen molar-refractivity contribution in [1.29, 1.82) is 0 Å². The minimum absolute atomic E-state index is 0.0717. The van der Waals surface area contributed by atoms with Crippen molar-refractivity contribution < 1.29 is 18.3 Å². The molecule has 0 saturated carbocycles. The Labute approximate surface area is 125 Å². The molecule has 1 aliphatic rings. The summed E-state index contributed by atoms with van der Waals surface area (Å²) in [6.07, 6.45) is 3.60. The lowest BCUT2D eigenvalue weighted by molar-refractivity contribution is -0.136. The Morgan fingerprint density at radius 3 is 2.52 bits per heavy atom. The molecule has 0 bridgehead atoms. The summed E-state index contributed by atoms with van der Waals surface area (Å²) in [6, 6.07) is 6.24. The minimum atomic E-state index is -3.48. The predicted molar refractivity (Wildman–Crippen MR) is 79.6 cm³/mol. The van der Waals surface area contributed by atoms with Gasteiger partial charge in [0.25, 0.3) is 0 Å². The van der Waals surface area contributed by atoms with Gasteiger partial charge in [0.1, 0.15) is 0 Å². The Kier molecular flexibility index (Phi) is 5.00. The number of piperidine rings is 1. The van der Waals surface area contributed by atoms with E-state index in [-0.39, 0.29) is 17.4 Å². The van der Waals surface area contributed by atoms with Gasteiger partial charge in [-0.15, -0.1) is 0 Å². The van der Waals surface area contributed by atoms with E-state index < -0.39 is 16.0 Å². The highest BCUT2D eigenvalue weighted by atomic mass is 32.2. The minimum Gasteiger partial charge on any atom is -0.481 e. The van der Waals surface area contributed by atoms with Crippen LogP contribution in [0.5, 0.6) is 0 Å². The van der Waals surface area contributed by atoms with Gasteiger partial charge in [-0.2, -0.15) is 4.31 Å². The molecule has 0 amide bonds. The molecule has 1 heterocycles. The maximum absolute atomic E-state index is 12.7. The lowest BCUT2D eigenvalue weighted by atomic mass is 10.0. The van der Waals surface area contributed by atoms with Crippen molar-refractivity contribution in [2.24, 2.45) is 0 Å². The zero-order valence-corrected chi connectivity index (χ0v) is 13.0. The molecule has 21 heavy (non-hydrogen) atoms. The van der Waals surface area contributed by atoms with Crippen LogP contribution in [0.15, 0.2) is 29.2 Å². The summed E-state index contributed by atoms with van der Waals surface area (Å²) in [6.45, 7) is 2.58. The molecule has 0 aliphatic carbocycles. The fourth-order valence-corrected chi connectivity index (χ4v) is 4.55. The molecule has 0 spiro atoms. The number of hydrogen-bond donors (Lipinski definition) is 1. The van der Waals surface area contributed by atoms with E-state index in [1.165, 1.54) is 12.1 Å². The Hall–Kier alpha value is -1.40. The van der Waals surface area contributed by atoms with Gasteiger partial charge in [0.15, 0.2) is 0 Å². The van der Waals surface area contributed by atoms with Gasteiger partial charge in [-0.3, -0.25) is 4.79 Å². The monoisotopic (exact) mass is 311 g/mol. The fourth-order valence-electron chi connectivity index (χ4n) is 2.79. The number of rotatable bonds is 5. The summed E-state index contributed by atoms with van der Waals surface area (Å²) < 4.78 is 27.0. The average molecular weight is 311 g/mol. The highest BCUT2D eigenvalue weighted by Crippen LogP contribution is 2.27. The third-order valence-electron chi connectivity index (χ3n) is 3.93. The third kappa shape index (κ3) is 3.63. The summed E-state index contributed by atoms with van der Waals surface area (Å²) in [5.41, 5.74) is 0.604. The summed E-state index contributed by atoms with van der Waals surface area (Å²) in [5.74, 6) is -0.923. The number of benzene rings is 1. The normalized spacial score (nSPS) is 20.3. The second-order valence-electron chi connectivity index (χ2n) is 5.39. The molecular weight excluding hydrogens is 290 g/mol. The molecule has 0 radical (unpaired) electrons. The molecule has 1 aliphatic heterocycles. The number of carboxylic acids is 1. The standard InChI is InChI=1S/C15H21NO4S/c1-2-13-5-3-4-10-16(13)21(19,20)14-8-6-12(7-9-14)11-15(17)18/h6-9,13H,2-5,10-11H2,1H3,(H,17,18). The zero-order valence-electron chi connectivity index (χ0n) is 12.2. The number of sulfonamides is 1. The summed E-state index contributed by atoms with van der Waals surface area (Å²) in [7, 11) is -3.48. The first-order valence-corrected chi connectivity index (χ1v) is 8.71. The molecule has 1 aromatic carbocycles. The maximum atomic E-state index is 12.7. The van der Waals surface area contributed by atoms with Crippen LogP contribution >= 0.6 is 0 Å². The third-order valence-corrected chi connectivity index (χ3v) is 5.90. The summed E-state index contributed by atoms with van der Waals surface area (Å²) in [5, 5.41) is 8.74. The van der Waals surface area contributed by atoms with E-state index in [1.807, 2.05) is 6.92 Å². The Morgan fingerprint density at radius 2 is 1.95 bits per heavy atom. The lowest BCUT2D eigenvalue weighted by Crippen LogP contribution is -2.43. The molecule has 1 atom stereocenters. The van der Waals surface area contributed by atoms with Crippen LogP contribution in [-0.2, 0) is 21.2 Å². The van der Waals surface area contributed by atoms with Crippen molar-refractivity contribution >= 4 is 16.0 Å². The fraction of sp³-hybridized carbons (Fsp3) is 0.533. The zero-order chi connectivity index (χ0) is 15.5. The average Bonchev–Trinajstić information content (AvgIpc) is 2.47. The van der Waals surface area contributed by atoms with E-state index in [0.717, 1.165) is 25.7 Å². The Morgan fingerprint density at radius 1 is 1.29 bits per heavy atom. The molecule has 1 aromatic rings. The van der Waals surface area contributed by atoms with Crippen LogP contribution in [0.2, 0.25) is 0 Å². The van der Waals surface area contributed by atoms with Gasteiger partial charge in [0, 0.05) is 12.6 Å². The number of nitrogens with zero attached hydrogens (tertiary/aromatic N) is 1. The van der Waals surface area contributed by atoms with Gasteiger partial charge < -0.3 is 5.11 Å². The smallest absolute Gasteiger partial charge is 0.307 e. The van der Waals surface area contributed by atoms with Crippen molar-refractivity contribution in [1.82, 2.24) is 4.31 Å². The van der Waals surface area contributed by atoms with E-state index in [2.05, 4.69) is 0 Å². The topological polar surface area (TPSA) is 74.7 Å². The van der Waals surface area contributed by atoms with E-state index >= 15 is 0 Å². The van der Waals surface area contributed by atoms with Crippen molar-refractivity contribution in [3.63, 3.8) is 0 Å². The second kappa shape index (κ2) is 6.58. The molecule has 5 nitrogen and oxygen atoms in total. The maximum Gasteiger partial charge on any atom is 0.307 e. The highest BCUT2D eigenvalue weighted by Gasteiger charge is 2.32. The molecule has 0 aromatic heterocycles. The summed E-state index contributed by atoms with van der Waals surface area (Å²) in [4.78, 5) is 10.9. The number of aliphatic carboxylic acids is 1. The molecular formula is C15H21NO4S. The molecule has 1 fully saturated rings. The van der Waals surface area contributed by atoms with Crippen molar-refractivity contribution in [2.75, 3.05) is 6.54 Å². The van der Waals surface area contributed by atoms with E-state index in [9.17, 15) is 13.2 Å². The van der Waals surface area contributed by atoms with Crippen LogP contribution in [0.1, 0.15) is 38.2 Å². The summed E-state index contributed by atoms with van der Waals surface area (Å²) >= 11 is 0. The van der Waals surface area contributed by atoms with Crippen molar-refractivity contribution in [2.45, 2.75) is 50.0 Å². The number of hydrogen-bond acceptors (Lipinski definition) is 3. The van der Waals surface area contributed by atoms with Crippen LogP contribution in [-0.4, -0.2) is 36.4 Å². The Balaban J connectivity index is 2.24. The molecule has 6 heteroatoms. The Bertz CT molecular complexity index is 595. The molecule has 1 N–H and O–H groups in total. The molecule has 1 unspecified atom stereocenters. The largest absolute Gasteiger partial charge is 0.481 e. The first-order chi connectivity index (χ1) is 9.95. The van der Waals surface area contributed by atoms with Crippen LogP contribution in [0.3, 0.4) is 0 Å². The van der Waals surface area contributed by atoms with Gasteiger partial charge in [-0.25, -0.2) is 8.42 Å². The lowest BCUT2D eigenvalue weighted by Gasteiger charge is -2.34.